The van der Waals surface area contributed by atoms with E-state index in [1.54, 1.807) is 11.8 Å². The van der Waals surface area contributed by atoms with Crippen molar-refractivity contribution in [3.63, 3.8) is 0 Å². The molecule has 1 aromatic heterocycles. The number of hydrogen-bond acceptors (Lipinski definition) is 4. The zero-order valence-electron chi connectivity index (χ0n) is 16.9. The number of hydrogen-bond donors (Lipinski definition) is 1. The van der Waals surface area contributed by atoms with E-state index < -0.39 is 0 Å². The van der Waals surface area contributed by atoms with E-state index in [9.17, 15) is 4.79 Å². The van der Waals surface area contributed by atoms with Crippen LogP contribution in [0.3, 0.4) is 0 Å². The Morgan fingerprint density at radius 2 is 2.26 bits per heavy atom. The minimum absolute atomic E-state index is 0.0957. The lowest BCUT2D eigenvalue weighted by Crippen LogP contribution is -2.32. The third-order valence-corrected chi connectivity index (χ3v) is 6.70. The monoisotopic (exact) mass is 391 g/mol. The molecule has 1 saturated heterocycles. The zero-order chi connectivity index (χ0) is 19.2. The summed E-state index contributed by atoms with van der Waals surface area (Å²) in [5.41, 5.74) is 3.71. The van der Waals surface area contributed by atoms with E-state index in [1.807, 2.05) is 13.8 Å². The highest BCUT2D eigenvalue weighted by Gasteiger charge is 2.23. The first-order chi connectivity index (χ1) is 13.0. The van der Waals surface area contributed by atoms with Gasteiger partial charge in [-0.05, 0) is 65.7 Å². The lowest BCUT2D eigenvalue weighted by atomic mass is 9.97. The normalized spacial score (nSPS) is 21.1. The van der Waals surface area contributed by atoms with Crippen LogP contribution in [-0.4, -0.2) is 40.0 Å². The van der Waals surface area contributed by atoms with Gasteiger partial charge < -0.3 is 14.6 Å². The summed E-state index contributed by atoms with van der Waals surface area (Å²) in [5.74, 6) is 0.0957. The lowest BCUT2D eigenvalue weighted by molar-refractivity contribution is -0.120. The summed E-state index contributed by atoms with van der Waals surface area (Å²) in [6.45, 7) is 8.53. The summed E-state index contributed by atoms with van der Waals surface area (Å²) < 4.78 is 8.03. The SMILES string of the molecule is Cc1nc(S[C@H](C)C(=O)NCCC2=CCCCC2)n(C[C@H]2CCCO2)c1C. The van der Waals surface area contributed by atoms with Gasteiger partial charge in [0.25, 0.3) is 0 Å². The van der Waals surface area contributed by atoms with Gasteiger partial charge in [-0.25, -0.2) is 4.98 Å². The average molecular weight is 392 g/mol. The quantitative estimate of drug-likeness (QED) is 0.534. The van der Waals surface area contributed by atoms with Crippen molar-refractivity contribution >= 4 is 17.7 Å². The minimum Gasteiger partial charge on any atom is -0.376 e. The summed E-state index contributed by atoms with van der Waals surface area (Å²) in [5, 5.41) is 3.87. The zero-order valence-corrected chi connectivity index (χ0v) is 17.7. The molecular formula is C21H33N3O2S. The number of aryl methyl sites for hydroxylation is 1. The van der Waals surface area contributed by atoms with Gasteiger partial charge in [0.15, 0.2) is 5.16 Å². The first-order valence-electron chi connectivity index (χ1n) is 10.3. The van der Waals surface area contributed by atoms with Crippen LogP contribution >= 0.6 is 11.8 Å². The molecule has 1 N–H and O–H groups in total. The molecule has 2 heterocycles. The highest BCUT2D eigenvalue weighted by molar-refractivity contribution is 8.00. The van der Waals surface area contributed by atoms with Gasteiger partial charge in [-0.2, -0.15) is 0 Å². The molecule has 1 aliphatic heterocycles. The number of aromatic nitrogens is 2. The van der Waals surface area contributed by atoms with Gasteiger partial charge in [-0.3, -0.25) is 4.79 Å². The van der Waals surface area contributed by atoms with Crippen LogP contribution in [0.5, 0.6) is 0 Å². The molecule has 3 rings (SSSR count). The predicted octanol–water partition coefficient (Wildman–Crippen LogP) is 4.17. The molecule has 1 amide bonds. The maximum Gasteiger partial charge on any atom is 0.233 e. The van der Waals surface area contributed by atoms with Gasteiger partial charge in [-0.15, -0.1) is 0 Å². The molecule has 2 atom stereocenters. The largest absolute Gasteiger partial charge is 0.376 e. The van der Waals surface area contributed by atoms with E-state index in [4.69, 9.17) is 9.72 Å². The van der Waals surface area contributed by atoms with Gasteiger partial charge in [-0.1, -0.05) is 23.4 Å². The highest BCUT2D eigenvalue weighted by Crippen LogP contribution is 2.27. The molecule has 0 unspecified atom stereocenters. The molecular weight excluding hydrogens is 358 g/mol. The number of nitrogens with zero attached hydrogens (tertiary/aromatic N) is 2. The molecule has 0 saturated carbocycles. The Morgan fingerprint density at radius 3 is 2.96 bits per heavy atom. The molecule has 0 spiro atoms. The van der Waals surface area contributed by atoms with E-state index in [0.717, 1.165) is 49.8 Å². The number of allylic oxidation sites excluding steroid dienone is 1. The number of thioether (sulfide) groups is 1. The maximum atomic E-state index is 12.5. The van der Waals surface area contributed by atoms with Crippen LogP contribution in [0, 0.1) is 13.8 Å². The van der Waals surface area contributed by atoms with Gasteiger partial charge >= 0.3 is 0 Å². The molecule has 0 aromatic carbocycles. The first-order valence-corrected chi connectivity index (χ1v) is 11.2. The van der Waals surface area contributed by atoms with Crippen molar-refractivity contribution in [1.29, 1.82) is 0 Å². The van der Waals surface area contributed by atoms with E-state index in [0.29, 0.717) is 0 Å². The van der Waals surface area contributed by atoms with Crippen LogP contribution in [0.25, 0.3) is 0 Å². The Labute approximate surface area is 167 Å². The van der Waals surface area contributed by atoms with Crippen LogP contribution in [0.2, 0.25) is 0 Å². The first kappa shape index (κ1) is 20.5. The van der Waals surface area contributed by atoms with Crippen molar-refractivity contribution in [3.05, 3.63) is 23.0 Å². The molecule has 0 bridgehead atoms. The second-order valence-electron chi connectivity index (χ2n) is 7.72. The van der Waals surface area contributed by atoms with E-state index in [1.165, 1.54) is 37.0 Å². The minimum atomic E-state index is -0.158. The van der Waals surface area contributed by atoms with Gasteiger partial charge in [0.2, 0.25) is 5.91 Å². The topological polar surface area (TPSA) is 56.2 Å². The van der Waals surface area contributed by atoms with Crippen molar-refractivity contribution < 1.29 is 9.53 Å². The van der Waals surface area contributed by atoms with Crippen LogP contribution < -0.4 is 5.32 Å². The van der Waals surface area contributed by atoms with Crippen molar-refractivity contribution in [1.82, 2.24) is 14.9 Å². The fourth-order valence-electron chi connectivity index (χ4n) is 3.75. The Morgan fingerprint density at radius 1 is 1.41 bits per heavy atom. The van der Waals surface area contributed by atoms with E-state index >= 15 is 0 Å². The van der Waals surface area contributed by atoms with Crippen molar-refractivity contribution in [2.24, 2.45) is 0 Å². The fraction of sp³-hybridized carbons (Fsp3) is 0.714. The van der Waals surface area contributed by atoms with Crippen molar-refractivity contribution in [2.45, 2.75) is 88.8 Å². The number of ether oxygens (including phenoxy) is 1. The smallest absolute Gasteiger partial charge is 0.233 e. The maximum absolute atomic E-state index is 12.5. The highest BCUT2D eigenvalue weighted by atomic mass is 32.2. The molecule has 1 fully saturated rings. The molecule has 150 valence electrons. The Bertz CT molecular complexity index is 677. The summed E-state index contributed by atoms with van der Waals surface area (Å²) in [6, 6.07) is 0. The number of carbonyl (C=O) groups is 1. The molecule has 5 nitrogen and oxygen atoms in total. The van der Waals surface area contributed by atoms with Crippen LogP contribution in [0.15, 0.2) is 16.8 Å². The molecule has 2 aliphatic rings. The predicted molar refractivity (Wildman–Crippen MR) is 110 cm³/mol. The Hall–Kier alpha value is -1.27. The lowest BCUT2D eigenvalue weighted by Gasteiger charge is -2.17. The molecule has 1 aliphatic carbocycles. The molecule has 6 heteroatoms. The van der Waals surface area contributed by atoms with Crippen LogP contribution in [0.1, 0.15) is 63.3 Å². The van der Waals surface area contributed by atoms with E-state index in [-0.39, 0.29) is 17.3 Å². The standard InChI is InChI=1S/C21H33N3O2S/c1-15-16(2)24(14-19-10-7-13-26-19)21(23-15)27-17(3)20(25)22-12-11-18-8-5-4-6-9-18/h8,17,19H,4-7,9-14H2,1-3H3,(H,22,25)/t17-,19-/m1/s1. The third kappa shape index (κ3) is 5.61. The van der Waals surface area contributed by atoms with Gasteiger partial charge in [0, 0.05) is 18.8 Å². The summed E-state index contributed by atoms with van der Waals surface area (Å²) in [4.78, 5) is 17.2. The number of imidazole rings is 1. The number of nitrogens with one attached hydrogen (secondary N) is 1. The van der Waals surface area contributed by atoms with Crippen molar-refractivity contribution in [3.8, 4) is 0 Å². The van der Waals surface area contributed by atoms with E-state index in [2.05, 4.69) is 22.9 Å². The van der Waals surface area contributed by atoms with Gasteiger partial charge in [0.1, 0.15) is 0 Å². The second-order valence-corrected chi connectivity index (χ2v) is 9.03. The van der Waals surface area contributed by atoms with Crippen LogP contribution in [-0.2, 0) is 16.1 Å². The fourth-order valence-corrected chi connectivity index (χ4v) is 4.79. The third-order valence-electron chi connectivity index (χ3n) is 5.61. The average Bonchev–Trinajstić information content (AvgIpc) is 3.27. The molecule has 1 aromatic rings. The summed E-state index contributed by atoms with van der Waals surface area (Å²) in [6.07, 6.45) is 10.8. The summed E-state index contributed by atoms with van der Waals surface area (Å²) >= 11 is 1.55. The Balaban J connectivity index is 1.53. The van der Waals surface area contributed by atoms with Crippen molar-refractivity contribution in [2.75, 3.05) is 13.2 Å². The van der Waals surface area contributed by atoms with Gasteiger partial charge in [0.05, 0.1) is 23.6 Å². The molecule has 27 heavy (non-hydrogen) atoms. The second kappa shape index (κ2) is 9.78. The van der Waals surface area contributed by atoms with Crippen LogP contribution in [0.4, 0.5) is 0 Å². The molecule has 0 radical (unpaired) electrons. The number of carbonyl (C=O) groups excluding carboxylic acids is 1. The Kier molecular flexibility index (Phi) is 7.41. The summed E-state index contributed by atoms with van der Waals surface area (Å²) in [7, 11) is 0. The number of rotatable bonds is 8. The number of amides is 1.